The van der Waals surface area contributed by atoms with Gasteiger partial charge in [0, 0.05) is 23.0 Å². The number of amides is 2. The molecule has 0 fully saturated rings. The molecule has 2 N–H and O–H groups in total. The number of methoxy groups -OCH3 is 1. The van der Waals surface area contributed by atoms with Gasteiger partial charge < -0.3 is 20.1 Å². The van der Waals surface area contributed by atoms with Gasteiger partial charge >= 0.3 is 0 Å². The average Bonchev–Trinajstić information content (AvgIpc) is 2.72. The molecular weight excluding hydrogens is 388 g/mol. The van der Waals surface area contributed by atoms with Crippen molar-refractivity contribution in [3.05, 3.63) is 54.1 Å². The van der Waals surface area contributed by atoms with Crippen molar-refractivity contribution >= 4 is 23.6 Å². The van der Waals surface area contributed by atoms with E-state index in [1.54, 1.807) is 30.0 Å². The van der Waals surface area contributed by atoms with Crippen LogP contribution in [-0.2, 0) is 4.79 Å². The second kappa shape index (κ2) is 12.0. The Hall–Kier alpha value is -2.67. The van der Waals surface area contributed by atoms with E-state index in [1.165, 1.54) is 12.0 Å². The molecule has 0 aromatic heterocycles. The van der Waals surface area contributed by atoms with Crippen LogP contribution < -0.4 is 20.1 Å². The van der Waals surface area contributed by atoms with Crippen molar-refractivity contribution in [3.63, 3.8) is 0 Å². The molecule has 0 bridgehead atoms. The predicted molar refractivity (Wildman–Crippen MR) is 116 cm³/mol. The first-order valence-corrected chi connectivity index (χ1v) is 10.5. The molecule has 0 aliphatic heterocycles. The van der Waals surface area contributed by atoms with Gasteiger partial charge in [-0.05, 0) is 56.4 Å². The first-order chi connectivity index (χ1) is 14.0. The normalized spacial score (nSPS) is 10.5. The summed E-state index contributed by atoms with van der Waals surface area (Å²) in [5.74, 6) is 1.38. The van der Waals surface area contributed by atoms with Crippen molar-refractivity contribution in [2.45, 2.75) is 31.2 Å². The molecule has 0 saturated carbocycles. The Kier molecular flexibility index (Phi) is 9.37. The van der Waals surface area contributed by atoms with Gasteiger partial charge in [-0.15, -0.1) is 11.8 Å². The number of carbonyl (C=O) groups is 2. The number of carbonyl (C=O) groups excluding carboxylic acids is 2. The van der Waals surface area contributed by atoms with Gasteiger partial charge in [0.05, 0.1) is 7.11 Å². The third kappa shape index (κ3) is 8.07. The minimum atomic E-state index is -0.211. The van der Waals surface area contributed by atoms with Crippen LogP contribution in [0.2, 0.25) is 0 Å². The predicted octanol–water partition coefficient (Wildman–Crippen LogP) is 3.51. The minimum Gasteiger partial charge on any atom is -0.493 e. The van der Waals surface area contributed by atoms with Crippen molar-refractivity contribution in [3.8, 4) is 11.5 Å². The van der Waals surface area contributed by atoms with E-state index < -0.39 is 0 Å². The smallest absolute Gasteiger partial charge is 0.258 e. The molecule has 0 radical (unpaired) electrons. The molecule has 6 nitrogen and oxygen atoms in total. The van der Waals surface area contributed by atoms with E-state index in [9.17, 15) is 9.59 Å². The Morgan fingerprint density at radius 1 is 1.07 bits per heavy atom. The van der Waals surface area contributed by atoms with Crippen molar-refractivity contribution in [1.82, 2.24) is 10.6 Å². The first kappa shape index (κ1) is 22.6. The van der Waals surface area contributed by atoms with Crippen LogP contribution in [0.3, 0.4) is 0 Å². The summed E-state index contributed by atoms with van der Waals surface area (Å²) < 4.78 is 10.8. The fourth-order valence-electron chi connectivity index (χ4n) is 2.52. The zero-order valence-electron chi connectivity index (χ0n) is 17.1. The van der Waals surface area contributed by atoms with Crippen LogP contribution in [0.1, 0.15) is 30.6 Å². The van der Waals surface area contributed by atoms with Crippen LogP contribution in [0, 0.1) is 0 Å². The highest BCUT2D eigenvalue weighted by atomic mass is 32.2. The van der Waals surface area contributed by atoms with Crippen molar-refractivity contribution < 1.29 is 19.1 Å². The number of hydrogen-bond acceptors (Lipinski definition) is 5. The highest BCUT2D eigenvalue weighted by Crippen LogP contribution is 2.28. The molecule has 0 saturated heterocycles. The monoisotopic (exact) mass is 416 g/mol. The van der Waals surface area contributed by atoms with Gasteiger partial charge in [0.25, 0.3) is 11.8 Å². The maximum Gasteiger partial charge on any atom is 0.258 e. The van der Waals surface area contributed by atoms with E-state index in [4.69, 9.17) is 9.47 Å². The molecule has 0 heterocycles. The average molecular weight is 417 g/mol. The van der Waals surface area contributed by atoms with Gasteiger partial charge in [0.15, 0.2) is 18.1 Å². The minimum absolute atomic E-state index is 0.0464. The summed E-state index contributed by atoms with van der Waals surface area (Å²) in [6.07, 6.45) is 0.870. The largest absolute Gasteiger partial charge is 0.493 e. The topological polar surface area (TPSA) is 76.7 Å². The number of rotatable bonds is 11. The Bertz CT molecular complexity index is 797. The van der Waals surface area contributed by atoms with Gasteiger partial charge in [-0.1, -0.05) is 18.2 Å². The third-order valence-electron chi connectivity index (χ3n) is 3.85. The summed E-state index contributed by atoms with van der Waals surface area (Å²) in [5, 5.41) is 5.67. The Balaban J connectivity index is 1.80. The van der Waals surface area contributed by atoms with E-state index in [-0.39, 0.29) is 24.5 Å². The Morgan fingerprint density at radius 3 is 2.52 bits per heavy atom. The second-order valence-corrected chi connectivity index (χ2v) is 7.82. The Labute approximate surface area is 176 Å². The van der Waals surface area contributed by atoms with Crippen molar-refractivity contribution in [1.29, 1.82) is 0 Å². The highest BCUT2D eigenvalue weighted by Gasteiger charge is 2.12. The molecule has 0 aliphatic carbocycles. The van der Waals surface area contributed by atoms with Crippen LogP contribution in [0.5, 0.6) is 11.5 Å². The summed E-state index contributed by atoms with van der Waals surface area (Å²) in [5.41, 5.74) is 0.483. The maximum absolute atomic E-state index is 12.4. The van der Waals surface area contributed by atoms with Gasteiger partial charge in [0.2, 0.25) is 0 Å². The highest BCUT2D eigenvalue weighted by molar-refractivity contribution is 7.99. The van der Waals surface area contributed by atoms with Crippen LogP contribution in [0.25, 0.3) is 0 Å². The standard InChI is InChI=1S/C22H28N2O4S/c1-16(2)24-21(25)15-28-19-11-10-17(14-20(19)27-3)22(26)23-12-7-13-29-18-8-5-4-6-9-18/h4-6,8-11,14,16H,7,12-13,15H2,1-3H3,(H,23,26)(H,24,25). The lowest BCUT2D eigenvalue weighted by Gasteiger charge is -2.13. The molecule has 2 aromatic carbocycles. The molecule has 7 heteroatoms. The quantitative estimate of drug-likeness (QED) is 0.433. The summed E-state index contributed by atoms with van der Waals surface area (Å²) in [7, 11) is 1.50. The zero-order chi connectivity index (χ0) is 21.1. The van der Waals surface area contributed by atoms with E-state index in [1.807, 2.05) is 32.0 Å². The number of benzene rings is 2. The van der Waals surface area contributed by atoms with Crippen LogP contribution >= 0.6 is 11.8 Å². The number of thioether (sulfide) groups is 1. The van der Waals surface area contributed by atoms with Gasteiger partial charge in [0.1, 0.15) is 0 Å². The molecule has 0 aliphatic rings. The molecule has 29 heavy (non-hydrogen) atoms. The van der Waals surface area contributed by atoms with Crippen LogP contribution in [-0.4, -0.2) is 43.9 Å². The lowest BCUT2D eigenvalue weighted by atomic mass is 10.2. The molecule has 156 valence electrons. The molecular formula is C22H28N2O4S. The van der Waals surface area contributed by atoms with Gasteiger partial charge in [-0.2, -0.15) is 0 Å². The maximum atomic E-state index is 12.4. The summed E-state index contributed by atoms with van der Waals surface area (Å²) in [6.45, 7) is 4.24. The summed E-state index contributed by atoms with van der Waals surface area (Å²) in [6, 6.07) is 15.1. The first-order valence-electron chi connectivity index (χ1n) is 9.56. The molecule has 0 spiro atoms. The molecule has 2 rings (SSSR count). The second-order valence-electron chi connectivity index (χ2n) is 6.65. The molecule has 0 atom stereocenters. The lowest BCUT2D eigenvalue weighted by molar-refractivity contribution is -0.123. The van der Waals surface area contributed by atoms with Crippen LogP contribution in [0.15, 0.2) is 53.4 Å². The van der Waals surface area contributed by atoms with E-state index in [0.29, 0.717) is 23.6 Å². The van der Waals surface area contributed by atoms with E-state index >= 15 is 0 Å². The summed E-state index contributed by atoms with van der Waals surface area (Å²) in [4.78, 5) is 25.3. The number of ether oxygens (including phenoxy) is 2. The Morgan fingerprint density at radius 2 is 1.83 bits per heavy atom. The summed E-state index contributed by atoms with van der Waals surface area (Å²) >= 11 is 1.77. The number of nitrogens with one attached hydrogen (secondary N) is 2. The van der Waals surface area contributed by atoms with Crippen LogP contribution in [0.4, 0.5) is 0 Å². The zero-order valence-corrected chi connectivity index (χ0v) is 17.9. The SMILES string of the molecule is COc1cc(C(=O)NCCCSc2ccccc2)ccc1OCC(=O)NC(C)C. The van der Waals surface area contributed by atoms with E-state index in [2.05, 4.69) is 22.8 Å². The third-order valence-corrected chi connectivity index (χ3v) is 4.95. The van der Waals surface area contributed by atoms with Gasteiger partial charge in [-0.25, -0.2) is 0 Å². The fourth-order valence-corrected chi connectivity index (χ4v) is 3.39. The van der Waals surface area contributed by atoms with Gasteiger partial charge in [-0.3, -0.25) is 9.59 Å². The van der Waals surface area contributed by atoms with E-state index in [0.717, 1.165) is 12.2 Å². The fraction of sp³-hybridized carbons (Fsp3) is 0.364. The number of hydrogen-bond donors (Lipinski definition) is 2. The van der Waals surface area contributed by atoms with Crippen molar-refractivity contribution in [2.75, 3.05) is 26.0 Å². The lowest BCUT2D eigenvalue weighted by Crippen LogP contribution is -2.34. The molecule has 2 aromatic rings. The molecule has 0 unspecified atom stereocenters. The van der Waals surface area contributed by atoms with Crippen molar-refractivity contribution in [2.24, 2.45) is 0 Å². The molecule has 2 amide bonds.